The van der Waals surface area contributed by atoms with Crippen molar-refractivity contribution in [2.24, 2.45) is 0 Å². The van der Waals surface area contributed by atoms with Crippen LogP contribution in [0.2, 0.25) is 5.02 Å². The zero-order chi connectivity index (χ0) is 15.2. The van der Waals surface area contributed by atoms with Gasteiger partial charge < -0.3 is 10.6 Å². The average Bonchev–Trinajstić information content (AvgIpc) is 2.50. The van der Waals surface area contributed by atoms with Crippen LogP contribution in [0.3, 0.4) is 0 Å². The lowest BCUT2D eigenvalue weighted by atomic mass is 10.0. The number of nitrogens with one attached hydrogen (secondary N) is 2. The Balaban J connectivity index is 2.22. The molecule has 0 aliphatic rings. The van der Waals surface area contributed by atoms with Crippen LogP contribution in [-0.2, 0) is 6.42 Å². The molecule has 0 bridgehead atoms. The molecule has 2 aromatic carbocycles. The molecule has 2 aromatic rings. The Morgan fingerprint density at radius 3 is 2.67 bits per heavy atom. The van der Waals surface area contributed by atoms with Gasteiger partial charge in [0.2, 0.25) is 0 Å². The number of halogens is 1. The number of hydrogen-bond donors (Lipinski definition) is 2. The molecule has 0 aliphatic heterocycles. The molecule has 21 heavy (non-hydrogen) atoms. The summed E-state index contributed by atoms with van der Waals surface area (Å²) < 4.78 is 0. The number of rotatable bonds is 5. The fraction of sp³-hybridized carbons (Fsp3) is 0.235. The Morgan fingerprint density at radius 2 is 1.90 bits per heavy atom. The Labute approximate surface area is 130 Å². The minimum atomic E-state index is -0.105. The van der Waals surface area contributed by atoms with E-state index in [-0.39, 0.29) is 5.91 Å². The van der Waals surface area contributed by atoms with Crippen molar-refractivity contribution in [2.45, 2.75) is 13.3 Å². The van der Waals surface area contributed by atoms with Gasteiger partial charge in [-0.1, -0.05) is 35.9 Å². The maximum Gasteiger partial charge on any atom is 0.255 e. The van der Waals surface area contributed by atoms with Crippen molar-refractivity contribution < 1.29 is 4.79 Å². The number of anilines is 1. The fourth-order valence-electron chi connectivity index (χ4n) is 2.15. The summed E-state index contributed by atoms with van der Waals surface area (Å²) in [7, 11) is 1.90. The second kappa shape index (κ2) is 7.25. The first-order valence-corrected chi connectivity index (χ1v) is 7.30. The Hall–Kier alpha value is -1.84. The monoisotopic (exact) mass is 302 g/mol. The van der Waals surface area contributed by atoms with Gasteiger partial charge in [-0.05, 0) is 56.3 Å². The smallest absolute Gasteiger partial charge is 0.255 e. The SMILES string of the molecule is CNCCc1ccccc1C(=O)Nc1cccc(Cl)c1C. The van der Waals surface area contributed by atoms with E-state index < -0.39 is 0 Å². The number of carbonyl (C=O) groups is 1. The lowest BCUT2D eigenvalue weighted by molar-refractivity contribution is 0.102. The molecule has 0 unspecified atom stereocenters. The van der Waals surface area contributed by atoms with Crippen LogP contribution in [0.1, 0.15) is 21.5 Å². The molecule has 1 amide bonds. The molecule has 2 rings (SSSR count). The molecule has 0 saturated heterocycles. The van der Waals surface area contributed by atoms with Crippen LogP contribution >= 0.6 is 11.6 Å². The number of likely N-dealkylation sites (N-methyl/N-ethyl adjacent to an activating group) is 1. The molecule has 4 heteroatoms. The highest BCUT2D eigenvalue weighted by Crippen LogP contribution is 2.23. The van der Waals surface area contributed by atoms with Crippen LogP contribution in [0.5, 0.6) is 0 Å². The summed E-state index contributed by atoms with van der Waals surface area (Å²) in [6.45, 7) is 2.73. The van der Waals surface area contributed by atoms with Crippen molar-refractivity contribution in [1.82, 2.24) is 5.32 Å². The van der Waals surface area contributed by atoms with E-state index in [1.807, 2.05) is 56.4 Å². The van der Waals surface area contributed by atoms with Crippen molar-refractivity contribution >= 4 is 23.2 Å². The van der Waals surface area contributed by atoms with Gasteiger partial charge >= 0.3 is 0 Å². The van der Waals surface area contributed by atoms with E-state index in [4.69, 9.17) is 11.6 Å². The van der Waals surface area contributed by atoms with E-state index in [1.165, 1.54) is 0 Å². The minimum absolute atomic E-state index is 0.105. The van der Waals surface area contributed by atoms with Gasteiger partial charge in [-0.15, -0.1) is 0 Å². The first-order valence-electron chi connectivity index (χ1n) is 6.92. The van der Waals surface area contributed by atoms with Crippen LogP contribution in [0.15, 0.2) is 42.5 Å². The lowest BCUT2D eigenvalue weighted by Gasteiger charge is -2.12. The zero-order valence-corrected chi connectivity index (χ0v) is 13.0. The summed E-state index contributed by atoms with van der Waals surface area (Å²) in [5, 5.41) is 6.69. The normalized spacial score (nSPS) is 10.4. The van der Waals surface area contributed by atoms with Crippen molar-refractivity contribution in [1.29, 1.82) is 0 Å². The first kappa shape index (κ1) is 15.5. The third-order valence-electron chi connectivity index (χ3n) is 3.42. The maximum atomic E-state index is 12.5. The van der Waals surface area contributed by atoms with Crippen molar-refractivity contribution in [3.05, 3.63) is 64.2 Å². The van der Waals surface area contributed by atoms with Crippen molar-refractivity contribution in [3.63, 3.8) is 0 Å². The molecule has 0 saturated carbocycles. The Kier molecular flexibility index (Phi) is 5.37. The highest BCUT2D eigenvalue weighted by molar-refractivity contribution is 6.31. The molecule has 0 atom stereocenters. The Bertz CT molecular complexity index is 640. The lowest BCUT2D eigenvalue weighted by Crippen LogP contribution is -2.17. The summed E-state index contributed by atoms with van der Waals surface area (Å²) in [6.07, 6.45) is 0.814. The molecule has 110 valence electrons. The summed E-state index contributed by atoms with van der Waals surface area (Å²) in [5.41, 5.74) is 3.35. The number of benzene rings is 2. The second-order valence-corrected chi connectivity index (χ2v) is 5.28. The molecule has 3 nitrogen and oxygen atoms in total. The van der Waals surface area contributed by atoms with Gasteiger partial charge in [-0.3, -0.25) is 4.79 Å². The van der Waals surface area contributed by atoms with Gasteiger partial charge in [0, 0.05) is 16.3 Å². The average molecular weight is 303 g/mol. The summed E-state index contributed by atoms with van der Waals surface area (Å²) >= 11 is 6.08. The second-order valence-electron chi connectivity index (χ2n) is 4.88. The Morgan fingerprint density at radius 1 is 1.14 bits per heavy atom. The van der Waals surface area contributed by atoms with Gasteiger partial charge in [0.15, 0.2) is 0 Å². The third kappa shape index (κ3) is 3.84. The van der Waals surface area contributed by atoms with Crippen LogP contribution in [0, 0.1) is 6.92 Å². The van der Waals surface area contributed by atoms with E-state index >= 15 is 0 Å². The van der Waals surface area contributed by atoms with Gasteiger partial charge in [-0.25, -0.2) is 0 Å². The molecule has 0 heterocycles. The van der Waals surface area contributed by atoms with Crippen LogP contribution in [-0.4, -0.2) is 19.5 Å². The molecule has 2 N–H and O–H groups in total. The van der Waals surface area contributed by atoms with E-state index in [9.17, 15) is 4.79 Å². The molecule has 0 fully saturated rings. The molecule has 0 aromatic heterocycles. The van der Waals surface area contributed by atoms with Gasteiger partial charge in [0.1, 0.15) is 0 Å². The quantitative estimate of drug-likeness (QED) is 0.885. The number of amides is 1. The standard InChI is InChI=1S/C17H19ClN2O/c1-12-15(18)8-5-9-16(12)20-17(21)14-7-4-3-6-13(14)10-11-19-2/h3-9,19H,10-11H2,1-2H3,(H,20,21). The van der Waals surface area contributed by atoms with E-state index in [0.29, 0.717) is 10.6 Å². The summed E-state index contributed by atoms with van der Waals surface area (Å²) in [6, 6.07) is 13.2. The first-order chi connectivity index (χ1) is 10.1. The predicted octanol–water partition coefficient (Wildman–Crippen LogP) is 3.66. The fourth-order valence-corrected chi connectivity index (χ4v) is 2.33. The summed E-state index contributed by atoms with van der Waals surface area (Å²) in [5.74, 6) is -0.105. The third-order valence-corrected chi connectivity index (χ3v) is 3.83. The minimum Gasteiger partial charge on any atom is -0.322 e. The molecule has 0 aliphatic carbocycles. The zero-order valence-electron chi connectivity index (χ0n) is 12.2. The topological polar surface area (TPSA) is 41.1 Å². The molecular weight excluding hydrogens is 284 g/mol. The van der Waals surface area contributed by atoms with Gasteiger partial charge in [-0.2, -0.15) is 0 Å². The van der Waals surface area contributed by atoms with Crippen molar-refractivity contribution in [3.8, 4) is 0 Å². The molecular formula is C17H19ClN2O. The summed E-state index contributed by atoms with van der Waals surface area (Å²) in [4.78, 5) is 12.5. The number of carbonyl (C=O) groups excluding carboxylic acids is 1. The van der Waals surface area contributed by atoms with Gasteiger partial charge in [0.25, 0.3) is 5.91 Å². The molecule has 0 spiro atoms. The predicted molar refractivity (Wildman–Crippen MR) is 88.2 cm³/mol. The van der Waals surface area contributed by atoms with Crippen molar-refractivity contribution in [2.75, 3.05) is 18.9 Å². The maximum absolute atomic E-state index is 12.5. The van der Waals surface area contributed by atoms with E-state index in [0.717, 1.165) is 29.8 Å². The van der Waals surface area contributed by atoms with Crippen LogP contribution in [0.4, 0.5) is 5.69 Å². The largest absolute Gasteiger partial charge is 0.322 e. The van der Waals surface area contributed by atoms with Crippen LogP contribution < -0.4 is 10.6 Å². The highest BCUT2D eigenvalue weighted by Gasteiger charge is 2.12. The van der Waals surface area contributed by atoms with E-state index in [1.54, 1.807) is 0 Å². The van der Waals surface area contributed by atoms with Gasteiger partial charge in [0.05, 0.1) is 0 Å². The van der Waals surface area contributed by atoms with E-state index in [2.05, 4.69) is 10.6 Å². The van der Waals surface area contributed by atoms with Crippen LogP contribution in [0.25, 0.3) is 0 Å². The number of hydrogen-bond acceptors (Lipinski definition) is 2. The highest BCUT2D eigenvalue weighted by atomic mass is 35.5. The molecule has 0 radical (unpaired) electrons.